The number of benzene rings is 1. The lowest BCUT2D eigenvalue weighted by atomic mass is 9.85. The van der Waals surface area contributed by atoms with Crippen LogP contribution in [-0.4, -0.2) is 44.5 Å². The van der Waals surface area contributed by atoms with Crippen molar-refractivity contribution in [2.75, 3.05) is 38.6 Å². The maximum absolute atomic E-state index is 13.0. The Kier molecular flexibility index (Phi) is 6.00. The minimum atomic E-state index is 0.254. The Bertz CT molecular complexity index is 580. The molecule has 2 fully saturated rings. The molecule has 1 amide bonds. The Hall–Kier alpha value is -1.55. The van der Waals surface area contributed by atoms with Crippen molar-refractivity contribution in [3.63, 3.8) is 0 Å². The van der Waals surface area contributed by atoms with Crippen molar-refractivity contribution < 1.29 is 4.79 Å². The Balaban J connectivity index is 1.66. The number of likely N-dealkylation sites (tertiary alicyclic amines) is 1. The molecule has 3 unspecified atom stereocenters. The van der Waals surface area contributed by atoms with E-state index in [1.165, 1.54) is 24.1 Å². The summed E-state index contributed by atoms with van der Waals surface area (Å²) >= 11 is 0. The summed E-state index contributed by atoms with van der Waals surface area (Å²) < 4.78 is 0. The zero-order chi connectivity index (χ0) is 17.8. The van der Waals surface area contributed by atoms with Crippen molar-refractivity contribution in [1.29, 1.82) is 0 Å². The fraction of sp³-hybridized carbons (Fsp3) is 0.667. The highest BCUT2D eigenvalue weighted by Crippen LogP contribution is 2.35. The third kappa shape index (κ3) is 4.35. The molecule has 138 valence electrons. The van der Waals surface area contributed by atoms with Crippen LogP contribution in [0.4, 0.5) is 5.69 Å². The normalized spacial score (nSPS) is 25.0. The number of nitrogens with zero attached hydrogens (tertiary/aromatic N) is 2. The molecule has 1 aromatic rings. The third-order valence-corrected chi connectivity index (χ3v) is 5.98. The van der Waals surface area contributed by atoms with Crippen LogP contribution in [0.5, 0.6) is 0 Å². The van der Waals surface area contributed by atoms with Crippen molar-refractivity contribution in [3.05, 3.63) is 29.8 Å². The molecule has 4 heteroatoms. The zero-order valence-electron chi connectivity index (χ0n) is 16.0. The van der Waals surface area contributed by atoms with Crippen molar-refractivity contribution in [2.45, 2.75) is 45.1 Å². The third-order valence-electron chi connectivity index (χ3n) is 5.98. The maximum atomic E-state index is 13.0. The van der Waals surface area contributed by atoms with E-state index >= 15 is 0 Å². The van der Waals surface area contributed by atoms with Crippen LogP contribution >= 0.6 is 0 Å². The number of amides is 1. The number of hydrogen-bond donors (Lipinski definition) is 1. The molecule has 0 spiro atoms. The molecule has 2 saturated heterocycles. The van der Waals surface area contributed by atoms with Gasteiger partial charge in [0, 0.05) is 32.7 Å². The first-order chi connectivity index (χ1) is 12.1. The van der Waals surface area contributed by atoms with Crippen LogP contribution in [0.1, 0.15) is 50.6 Å². The summed E-state index contributed by atoms with van der Waals surface area (Å²) in [4.78, 5) is 17.3. The van der Waals surface area contributed by atoms with E-state index in [9.17, 15) is 4.79 Å². The van der Waals surface area contributed by atoms with Crippen LogP contribution < -0.4 is 10.2 Å². The van der Waals surface area contributed by atoms with Gasteiger partial charge in [0.25, 0.3) is 0 Å². The van der Waals surface area contributed by atoms with Crippen LogP contribution in [-0.2, 0) is 4.79 Å². The van der Waals surface area contributed by atoms with Crippen LogP contribution in [0.25, 0.3) is 0 Å². The van der Waals surface area contributed by atoms with E-state index in [2.05, 4.69) is 60.4 Å². The van der Waals surface area contributed by atoms with Gasteiger partial charge in [-0.2, -0.15) is 0 Å². The van der Waals surface area contributed by atoms with Gasteiger partial charge in [0.15, 0.2) is 0 Å². The number of piperidine rings is 1. The fourth-order valence-electron chi connectivity index (χ4n) is 4.35. The van der Waals surface area contributed by atoms with E-state index in [1.54, 1.807) is 0 Å². The molecule has 0 aliphatic carbocycles. The summed E-state index contributed by atoms with van der Waals surface area (Å²) in [5, 5.41) is 3.48. The monoisotopic (exact) mass is 343 g/mol. The zero-order valence-corrected chi connectivity index (χ0v) is 16.0. The van der Waals surface area contributed by atoms with Crippen LogP contribution in [0.2, 0.25) is 0 Å². The minimum absolute atomic E-state index is 0.254. The van der Waals surface area contributed by atoms with Gasteiger partial charge in [-0.15, -0.1) is 0 Å². The summed E-state index contributed by atoms with van der Waals surface area (Å²) in [6.45, 7) is 5.37. The van der Waals surface area contributed by atoms with Gasteiger partial charge in [0.05, 0.1) is 6.04 Å². The number of nitrogens with one attached hydrogen (secondary N) is 1. The Labute approximate surface area is 152 Å². The highest BCUT2D eigenvalue weighted by Gasteiger charge is 2.32. The Morgan fingerprint density at radius 2 is 2.16 bits per heavy atom. The van der Waals surface area contributed by atoms with Gasteiger partial charge in [0.2, 0.25) is 5.91 Å². The van der Waals surface area contributed by atoms with E-state index in [-0.39, 0.29) is 6.04 Å². The quantitative estimate of drug-likeness (QED) is 0.889. The molecule has 0 radical (unpaired) electrons. The van der Waals surface area contributed by atoms with Crippen LogP contribution in [0.3, 0.4) is 0 Å². The molecular formula is C21H33N3O. The predicted molar refractivity (Wildman–Crippen MR) is 104 cm³/mol. The van der Waals surface area contributed by atoms with Crippen molar-refractivity contribution in [3.8, 4) is 0 Å². The molecule has 0 bridgehead atoms. The van der Waals surface area contributed by atoms with Gasteiger partial charge in [-0.05, 0) is 68.3 Å². The predicted octanol–water partition coefficient (Wildman–Crippen LogP) is 3.44. The molecule has 3 rings (SSSR count). The van der Waals surface area contributed by atoms with Gasteiger partial charge < -0.3 is 15.1 Å². The number of rotatable bonds is 5. The average molecular weight is 344 g/mol. The van der Waals surface area contributed by atoms with Crippen molar-refractivity contribution >= 4 is 11.6 Å². The number of carbonyl (C=O) groups is 1. The largest absolute Gasteiger partial charge is 0.378 e. The summed E-state index contributed by atoms with van der Waals surface area (Å²) in [6.07, 6.45) is 5.39. The summed E-state index contributed by atoms with van der Waals surface area (Å²) in [5.41, 5.74) is 2.49. The maximum Gasteiger partial charge on any atom is 0.223 e. The number of hydrogen-bond acceptors (Lipinski definition) is 3. The SMILES string of the molecule is CC(CC(=O)N1CCCC1c1cccc(N(C)C)c1)C1CCCNC1. The first-order valence-electron chi connectivity index (χ1n) is 9.83. The second-order valence-corrected chi connectivity index (χ2v) is 8.02. The standard InChI is InChI=1S/C21H33N3O/c1-16(18-8-5-11-22-15-18)13-21(25)24-12-6-10-20(24)17-7-4-9-19(14-17)23(2)3/h4,7,9,14,16,18,20,22H,5-6,8,10-13,15H2,1-3H3. The number of carbonyl (C=O) groups excluding carboxylic acids is 1. The van der Waals surface area contributed by atoms with E-state index < -0.39 is 0 Å². The summed E-state index contributed by atoms with van der Waals surface area (Å²) in [7, 11) is 4.13. The Morgan fingerprint density at radius 3 is 2.88 bits per heavy atom. The molecule has 0 saturated carbocycles. The topological polar surface area (TPSA) is 35.6 Å². The van der Waals surface area contributed by atoms with Gasteiger partial charge in [-0.3, -0.25) is 4.79 Å². The highest BCUT2D eigenvalue weighted by atomic mass is 16.2. The van der Waals surface area contributed by atoms with Crippen LogP contribution in [0.15, 0.2) is 24.3 Å². The lowest BCUT2D eigenvalue weighted by Crippen LogP contribution is -2.37. The lowest BCUT2D eigenvalue weighted by molar-refractivity contribution is -0.133. The van der Waals surface area contributed by atoms with Crippen molar-refractivity contribution in [1.82, 2.24) is 10.2 Å². The molecule has 2 aliphatic rings. The van der Waals surface area contributed by atoms with E-state index in [0.29, 0.717) is 24.2 Å². The van der Waals surface area contributed by atoms with Gasteiger partial charge in [0.1, 0.15) is 0 Å². The molecule has 1 aromatic carbocycles. The average Bonchev–Trinajstić information content (AvgIpc) is 3.12. The lowest BCUT2D eigenvalue weighted by Gasteiger charge is -2.31. The molecule has 0 aromatic heterocycles. The molecule has 3 atom stereocenters. The number of anilines is 1. The highest BCUT2D eigenvalue weighted by molar-refractivity contribution is 5.77. The van der Waals surface area contributed by atoms with E-state index in [1.807, 2.05) is 0 Å². The van der Waals surface area contributed by atoms with E-state index in [0.717, 1.165) is 32.5 Å². The second kappa shape index (κ2) is 8.22. The molecule has 2 heterocycles. The van der Waals surface area contributed by atoms with Crippen molar-refractivity contribution in [2.24, 2.45) is 11.8 Å². The molecule has 4 nitrogen and oxygen atoms in total. The van der Waals surface area contributed by atoms with Crippen LogP contribution in [0, 0.1) is 11.8 Å². The molecule has 2 aliphatic heterocycles. The van der Waals surface area contributed by atoms with Gasteiger partial charge >= 0.3 is 0 Å². The minimum Gasteiger partial charge on any atom is -0.378 e. The summed E-state index contributed by atoms with van der Waals surface area (Å²) in [5.74, 6) is 1.46. The first-order valence-corrected chi connectivity index (χ1v) is 9.83. The Morgan fingerprint density at radius 1 is 1.32 bits per heavy atom. The molecular weight excluding hydrogens is 310 g/mol. The summed E-state index contributed by atoms with van der Waals surface area (Å²) in [6, 6.07) is 8.91. The smallest absolute Gasteiger partial charge is 0.223 e. The second-order valence-electron chi connectivity index (χ2n) is 8.02. The van der Waals surface area contributed by atoms with Gasteiger partial charge in [-0.25, -0.2) is 0 Å². The van der Waals surface area contributed by atoms with E-state index in [4.69, 9.17) is 0 Å². The molecule has 25 heavy (non-hydrogen) atoms. The fourth-order valence-corrected chi connectivity index (χ4v) is 4.35. The van der Waals surface area contributed by atoms with Gasteiger partial charge in [-0.1, -0.05) is 19.1 Å². The molecule has 1 N–H and O–H groups in total. The first kappa shape index (κ1) is 18.2.